The molecule has 0 saturated heterocycles. The summed E-state index contributed by atoms with van der Waals surface area (Å²) < 4.78 is 0. The first-order valence-corrected chi connectivity index (χ1v) is 6.83. The van der Waals surface area contributed by atoms with Gasteiger partial charge in [-0.05, 0) is 36.7 Å². The summed E-state index contributed by atoms with van der Waals surface area (Å²) >= 11 is 2.06. The average Bonchev–Trinajstić information content (AvgIpc) is 2.32. The van der Waals surface area contributed by atoms with Gasteiger partial charge in [0.05, 0.1) is 0 Å². The van der Waals surface area contributed by atoms with E-state index in [0.717, 1.165) is 5.92 Å². The second-order valence-corrected chi connectivity index (χ2v) is 5.44. The lowest BCUT2D eigenvalue weighted by Crippen LogP contribution is -2.29. The SMILES string of the molecule is CCSCCC1CCCCCC1N. The zero-order valence-corrected chi connectivity index (χ0v) is 9.61. The molecule has 0 amide bonds. The minimum atomic E-state index is 0.500. The van der Waals surface area contributed by atoms with Crippen molar-refractivity contribution in [2.45, 2.75) is 51.5 Å². The predicted molar refractivity (Wildman–Crippen MR) is 62.2 cm³/mol. The Balaban J connectivity index is 2.19. The van der Waals surface area contributed by atoms with Crippen molar-refractivity contribution >= 4 is 11.8 Å². The molecule has 2 atom stereocenters. The fourth-order valence-corrected chi connectivity index (χ4v) is 2.91. The van der Waals surface area contributed by atoms with E-state index >= 15 is 0 Å². The quantitative estimate of drug-likeness (QED) is 0.559. The molecule has 13 heavy (non-hydrogen) atoms. The first-order chi connectivity index (χ1) is 6.34. The summed E-state index contributed by atoms with van der Waals surface area (Å²) in [5, 5.41) is 0. The lowest BCUT2D eigenvalue weighted by atomic mass is 9.93. The van der Waals surface area contributed by atoms with Crippen LogP contribution in [0.1, 0.15) is 45.4 Å². The Hall–Kier alpha value is 0.310. The Morgan fingerprint density at radius 3 is 2.77 bits per heavy atom. The van der Waals surface area contributed by atoms with Crippen molar-refractivity contribution in [3.63, 3.8) is 0 Å². The third-order valence-electron chi connectivity index (χ3n) is 3.05. The van der Waals surface area contributed by atoms with Gasteiger partial charge in [-0.15, -0.1) is 0 Å². The van der Waals surface area contributed by atoms with Gasteiger partial charge in [0.2, 0.25) is 0 Å². The molecular weight excluding hydrogens is 178 g/mol. The molecule has 1 aliphatic rings. The number of rotatable bonds is 4. The average molecular weight is 201 g/mol. The molecule has 0 aromatic rings. The summed E-state index contributed by atoms with van der Waals surface area (Å²) in [4.78, 5) is 0. The maximum absolute atomic E-state index is 6.15. The molecule has 0 spiro atoms. The lowest BCUT2D eigenvalue weighted by molar-refractivity contribution is 0.389. The van der Waals surface area contributed by atoms with Crippen molar-refractivity contribution < 1.29 is 0 Å². The minimum absolute atomic E-state index is 0.500. The van der Waals surface area contributed by atoms with Gasteiger partial charge in [-0.3, -0.25) is 0 Å². The lowest BCUT2D eigenvalue weighted by Gasteiger charge is -2.20. The molecule has 0 aliphatic heterocycles. The molecule has 1 rings (SSSR count). The van der Waals surface area contributed by atoms with Crippen LogP contribution in [0.15, 0.2) is 0 Å². The van der Waals surface area contributed by atoms with E-state index in [2.05, 4.69) is 18.7 Å². The largest absolute Gasteiger partial charge is 0.327 e. The van der Waals surface area contributed by atoms with Gasteiger partial charge in [0.25, 0.3) is 0 Å². The van der Waals surface area contributed by atoms with Crippen LogP contribution < -0.4 is 5.73 Å². The summed E-state index contributed by atoms with van der Waals surface area (Å²) in [5.41, 5.74) is 6.15. The Morgan fingerprint density at radius 1 is 1.23 bits per heavy atom. The van der Waals surface area contributed by atoms with Crippen LogP contribution in [-0.4, -0.2) is 17.5 Å². The molecule has 1 nitrogen and oxygen atoms in total. The first kappa shape index (κ1) is 11.4. The number of nitrogens with two attached hydrogens (primary N) is 1. The van der Waals surface area contributed by atoms with E-state index in [1.54, 1.807) is 0 Å². The molecule has 0 bridgehead atoms. The molecule has 78 valence electrons. The molecule has 0 aromatic carbocycles. The normalized spacial score (nSPS) is 30.0. The van der Waals surface area contributed by atoms with Crippen molar-refractivity contribution in [2.24, 2.45) is 11.7 Å². The molecule has 2 unspecified atom stereocenters. The van der Waals surface area contributed by atoms with Crippen molar-refractivity contribution in [3.8, 4) is 0 Å². The zero-order valence-electron chi connectivity index (χ0n) is 8.80. The van der Waals surface area contributed by atoms with Crippen molar-refractivity contribution in [1.82, 2.24) is 0 Å². The van der Waals surface area contributed by atoms with E-state index in [9.17, 15) is 0 Å². The van der Waals surface area contributed by atoms with Gasteiger partial charge in [-0.25, -0.2) is 0 Å². The van der Waals surface area contributed by atoms with Gasteiger partial charge >= 0.3 is 0 Å². The van der Waals surface area contributed by atoms with Crippen LogP contribution in [0.5, 0.6) is 0 Å². The Morgan fingerprint density at radius 2 is 2.00 bits per heavy atom. The summed E-state index contributed by atoms with van der Waals surface area (Å²) in [6, 6.07) is 0.500. The molecule has 1 fully saturated rings. The van der Waals surface area contributed by atoms with E-state index in [0.29, 0.717) is 6.04 Å². The highest BCUT2D eigenvalue weighted by molar-refractivity contribution is 7.99. The van der Waals surface area contributed by atoms with Gasteiger partial charge in [0.1, 0.15) is 0 Å². The zero-order chi connectivity index (χ0) is 9.52. The van der Waals surface area contributed by atoms with Gasteiger partial charge in [-0.2, -0.15) is 11.8 Å². The third-order valence-corrected chi connectivity index (χ3v) is 3.99. The summed E-state index contributed by atoms with van der Waals surface area (Å²) in [6.07, 6.45) is 8.17. The monoisotopic (exact) mass is 201 g/mol. The molecule has 0 heterocycles. The predicted octanol–water partition coefficient (Wildman–Crippen LogP) is 3.04. The van der Waals surface area contributed by atoms with Crippen LogP contribution in [-0.2, 0) is 0 Å². The number of hydrogen-bond donors (Lipinski definition) is 1. The van der Waals surface area contributed by atoms with Crippen LogP contribution in [0.3, 0.4) is 0 Å². The second-order valence-electron chi connectivity index (χ2n) is 4.05. The van der Waals surface area contributed by atoms with Crippen molar-refractivity contribution in [3.05, 3.63) is 0 Å². The minimum Gasteiger partial charge on any atom is -0.327 e. The Kier molecular flexibility index (Phi) is 5.88. The van der Waals surface area contributed by atoms with Gasteiger partial charge in [0, 0.05) is 6.04 Å². The van der Waals surface area contributed by atoms with E-state index in [4.69, 9.17) is 5.73 Å². The van der Waals surface area contributed by atoms with Gasteiger partial charge in [-0.1, -0.05) is 26.2 Å². The van der Waals surface area contributed by atoms with Crippen LogP contribution >= 0.6 is 11.8 Å². The van der Waals surface area contributed by atoms with Gasteiger partial charge < -0.3 is 5.73 Å². The maximum atomic E-state index is 6.15. The first-order valence-electron chi connectivity index (χ1n) is 5.68. The summed E-state index contributed by atoms with van der Waals surface area (Å²) in [6.45, 7) is 2.23. The van der Waals surface area contributed by atoms with E-state index in [1.165, 1.54) is 50.0 Å². The molecule has 2 N–H and O–H groups in total. The van der Waals surface area contributed by atoms with Crippen molar-refractivity contribution in [1.29, 1.82) is 0 Å². The van der Waals surface area contributed by atoms with Crippen LogP contribution in [0.2, 0.25) is 0 Å². The number of hydrogen-bond acceptors (Lipinski definition) is 2. The van der Waals surface area contributed by atoms with E-state index < -0.39 is 0 Å². The van der Waals surface area contributed by atoms with Gasteiger partial charge in [0.15, 0.2) is 0 Å². The molecule has 2 heteroatoms. The van der Waals surface area contributed by atoms with Crippen LogP contribution in [0.4, 0.5) is 0 Å². The molecular formula is C11H23NS. The molecule has 0 aromatic heterocycles. The fraction of sp³-hybridized carbons (Fsp3) is 1.00. The topological polar surface area (TPSA) is 26.0 Å². The summed E-state index contributed by atoms with van der Waals surface area (Å²) in [5.74, 6) is 3.39. The van der Waals surface area contributed by atoms with Crippen molar-refractivity contribution in [2.75, 3.05) is 11.5 Å². The highest BCUT2D eigenvalue weighted by Crippen LogP contribution is 2.25. The Labute approximate surface area is 86.8 Å². The Bertz CT molecular complexity index is 127. The molecule has 1 saturated carbocycles. The highest BCUT2D eigenvalue weighted by Gasteiger charge is 2.19. The van der Waals surface area contributed by atoms with E-state index in [1.807, 2.05) is 0 Å². The summed E-state index contributed by atoms with van der Waals surface area (Å²) in [7, 11) is 0. The molecule has 0 radical (unpaired) electrons. The highest BCUT2D eigenvalue weighted by atomic mass is 32.2. The van der Waals surface area contributed by atoms with Crippen LogP contribution in [0, 0.1) is 5.92 Å². The molecule has 1 aliphatic carbocycles. The maximum Gasteiger partial charge on any atom is 0.00674 e. The third kappa shape index (κ3) is 4.37. The second kappa shape index (κ2) is 6.72. The van der Waals surface area contributed by atoms with E-state index in [-0.39, 0.29) is 0 Å². The standard InChI is InChI=1S/C11H23NS/c1-2-13-9-8-10-6-4-3-5-7-11(10)12/h10-11H,2-9,12H2,1H3. The number of thioether (sulfide) groups is 1. The fourth-order valence-electron chi connectivity index (χ4n) is 2.15. The smallest absolute Gasteiger partial charge is 0.00674 e. The van der Waals surface area contributed by atoms with Crippen LogP contribution in [0.25, 0.3) is 0 Å².